The van der Waals surface area contributed by atoms with Crippen molar-refractivity contribution in [3.63, 3.8) is 0 Å². The lowest BCUT2D eigenvalue weighted by atomic mass is 9.69. The Morgan fingerprint density at radius 2 is 1.65 bits per heavy atom. The topological polar surface area (TPSA) is 181 Å². The molecule has 284 valence electrons. The monoisotopic (exact) mass is 779 g/mol. The summed E-state index contributed by atoms with van der Waals surface area (Å²) in [5.41, 5.74) is -1.27. The molecule has 14 nitrogen and oxygen atoms in total. The molecule has 1 spiro atoms. The van der Waals surface area contributed by atoms with Gasteiger partial charge >= 0.3 is 0 Å². The molecular weight excluding hydrogens is 742 g/mol. The van der Waals surface area contributed by atoms with E-state index in [0.717, 1.165) is 10.2 Å². The second-order valence-corrected chi connectivity index (χ2v) is 14.0. The molecule has 2 heterocycles. The maximum absolute atomic E-state index is 14.4. The van der Waals surface area contributed by atoms with E-state index in [1.807, 2.05) is 24.3 Å². The van der Waals surface area contributed by atoms with Gasteiger partial charge in [-0.15, -0.1) is 0 Å². The fraction of sp³-hybridized carbons (Fsp3) is 0.342. The molecule has 16 heteroatoms. The lowest BCUT2D eigenvalue weighted by Gasteiger charge is -2.38. The van der Waals surface area contributed by atoms with Gasteiger partial charge in [-0.25, -0.2) is 4.98 Å². The van der Waals surface area contributed by atoms with Crippen LogP contribution in [0.1, 0.15) is 48.0 Å². The number of ketones is 2. The number of nitrogens with zero attached hydrogens (tertiary/aromatic N) is 1. The second-order valence-electron chi connectivity index (χ2n) is 12.6. The molecule has 1 aromatic heterocycles. The summed E-state index contributed by atoms with van der Waals surface area (Å²) in [5, 5.41) is 18.1. The minimum absolute atomic E-state index is 0.0234. The molecular formula is C38H38ClN3O11S. The molecule has 0 saturated carbocycles. The number of aliphatic hydroxyl groups is 1. The van der Waals surface area contributed by atoms with Crippen LogP contribution in [0.2, 0.25) is 5.02 Å². The van der Waals surface area contributed by atoms with Gasteiger partial charge in [-0.2, -0.15) is 0 Å². The van der Waals surface area contributed by atoms with Crippen LogP contribution in [0.15, 0.2) is 53.8 Å². The van der Waals surface area contributed by atoms with E-state index in [2.05, 4.69) is 15.6 Å². The molecule has 3 aromatic carbocycles. The number of carbonyl (C=O) groups excluding carboxylic acids is 4. The summed E-state index contributed by atoms with van der Waals surface area (Å²) in [6.07, 6.45) is -0.700. The average molecular weight is 780 g/mol. The van der Waals surface area contributed by atoms with Crippen LogP contribution in [-0.4, -0.2) is 81.2 Å². The highest BCUT2D eigenvalue weighted by Gasteiger charge is 2.61. The number of para-hydroxylation sites is 1. The first-order valence-corrected chi connectivity index (χ1v) is 18.0. The maximum Gasteiger partial charge on any atom is 0.231 e. The minimum atomic E-state index is -2.09. The number of Topliss-reactive ketones (excluding diaryl/α,β-unsaturated/α-hetero) is 2. The normalized spacial score (nSPS) is 18.2. The molecule has 0 fully saturated rings. The number of aliphatic hydroxyl groups excluding tert-OH is 1. The highest BCUT2D eigenvalue weighted by Crippen LogP contribution is 2.56. The summed E-state index contributed by atoms with van der Waals surface area (Å²) in [6.45, 7) is 1.56. The zero-order chi connectivity index (χ0) is 38.9. The summed E-state index contributed by atoms with van der Waals surface area (Å²) < 4.78 is 34.7. The van der Waals surface area contributed by atoms with Crippen molar-refractivity contribution in [2.24, 2.45) is 5.92 Å². The van der Waals surface area contributed by atoms with Crippen molar-refractivity contribution in [1.82, 2.24) is 10.3 Å². The number of hydrogen-bond donors (Lipinski definition) is 3. The van der Waals surface area contributed by atoms with Gasteiger partial charge in [-0.3, -0.25) is 19.2 Å². The predicted molar refractivity (Wildman–Crippen MR) is 200 cm³/mol. The third-order valence-corrected chi connectivity index (χ3v) is 10.9. The molecule has 1 aliphatic carbocycles. The Labute approximate surface area is 319 Å². The van der Waals surface area contributed by atoms with E-state index in [-0.39, 0.29) is 75.9 Å². The third-order valence-electron chi connectivity index (χ3n) is 9.55. The SMILES string of the molecule is COc1cc(OC)c2c(c1Cl)OC1(C2=O)C(O)=C(C(CC(=O)NCCC(=O)Nc2nc3ccccc3s2)c2cc(OC)c(OC)c(OC)c2)C(=O)CC1C. The number of benzene rings is 3. The Kier molecular flexibility index (Phi) is 10.9. The summed E-state index contributed by atoms with van der Waals surface area (Å²) in [5.74, 6) is -3.94. The van der Waals surface area contributed by atoms with Gasteiger partial charge in [-0.1, -0.05) is 42.0 Å². The highest BCUT2D eigenvalue weighted by atomic mass is 35.5. The van der Waals surface area contributed by atoms with Crippen LogP contribution >= 0.6 is 22.9 Å². The van der Waals surface area contributed by atoms with Crippen LogP contribution in [-0.2, 0) is 14.4 Å². The summed E-state index contributed by atoms with van der Waals surface area (Å²) in [4.78, 5) is 59.4. The quantitative estimate of drug-likeness (QED) is 0.143. The fourth-order valence-electron chi connectivity index (χ4n) is 6.91. The van der Waals surface area contributed by atoms with Gasteiger partial charge in [0.1, 0.15) is 22.1 Å². The lowest BCUT2D eigenvalue weighted by Crippen LogP contribution is -2.53. The van der Waals surface area contributed by atoms with Gasteiger partial charge in [0.25, 0.3) is 0 Å². The summed E-state index contributed by atoms with van der Waals surface area (Å²) in [7, 11) is 7.00. The van der Waals surface area contributed by atoms with Crippen molar-refractivity contribution < 1.29 is 52.7 Å². The number of carbonyl (C=O) groups is 4. The van der Waals surface area contributed by atoms with Crippen LogP contribution in [0.3, 0.4) is 0 Å². The van der Waals surface area contributed by atoms with E-state index in [4.69, 9.17) is 40.0 Å². The Morgan fingerprint density at radius 3 is 2.28 bits per heavy atom. The molecule has 3 atom stereocenters. The van der Waals surface area contributed by atoms with Gasteiger partial charge < -0.3 is 44.2 Å². The number of thiazole rings is 1. The van der Waals surface area contributed by atoms with Crippen LogP contribution in [0.5, 0.6) is 34.5 Å². The van der Waals surface area contributed by atoms with Crippen molar-refractivity contribution in [3.8, 4) is 34.5 Å². The molecule has 3 N–H and O–H groups in total. The predicted octanol–water partition coefficient (Wildman–Crippen LogP) is 6.05. The molecule has 54 heavy (non-hydrogen) atoms. The third kappa shape index (κ3) is 6.62. The van der Waals surface area contributed by atoms with E-state index < -0.39 is 47.1 Å². The van der Waals surface area contributed by atoms with E-state index in [1.165, 1.54) is 53.0 Å². The molecule has 4 aromatic rings. The van der Waals surface area contributed by atoms with Crippen molar-refractivity contribution in [1.29, 1.82) is 0 Å². The van der Waals surface area contributed by atoms with Crippen molar-refractivity contribution in [2.45, 2.75) is 37.7 Å². The Hall–Kier alpha value is -5.54. The number of ether oxygens (including phenoxy) is 6. The standard InChI is InChI=1S/C38H38ClN3O11S/c1-18-13-22(43)30(35(46)38(18)36(47)31-23(48-2)17-24(49-3)32(39)34(31)53-38)20(19-14-25(50-4)33(52-6)26(15-19)51-5)16-29(45)40-12-11-28(44)42-37-41-21-9-7-8-10-27(21)54-37/h7-10,14-15,17-18,20,46H,11-13,16H2,1-6H3,(H,40,45)(H,41,42,44). The largest absolute Gasteiger partial charge is 0.507 e. The van der Waals surface area contributed by atoms with Gasteiger partial charge in [0.15, 0.2) is 33.9 Å². The molecule has 3 unspecified atom stereocenters. The van der Waals surface area contributed by atoms with Gasteiger partial charge in [0.2, 0.25) is 28.9 Å². The average Bonchev–Trinajstić information content (AvgIpc) is 3.72. The molecule has 0 saturated heterocycles. The van der Waals surface area contributed by atoms with Crippen molar-refractivity contribution >= 4 is 61.7 Å². The van der Waals surface area contributed by atoms with E-state index in [9.17, 15) is 24.3 Å². The molecule has 1 aliphatic heterocycles. The number of halogens is 1. The molecule has 0 radical (unpaired) electrons. The van der Waals surface area contributed by atoms with Gasteiger partial charge in [0, 0.05) is 49.3 Å². The first-order chi connectivity index (χ1) is 25.9. The minimum Gasteiger partial charge on any atom is -0.507 e. The molecule has 0 bridgehead atoms. The number of fused-ring (bicyclic) bond motifs is 2. The van der Waals surface area contributed by atoms with Crippen LogP contribution < -0.4 is 39.1 Å². The highest BCUT2D eigenvalue weighted by molar-refractivity contribution is 7.22. The molecule has 2 aliphatic rings. The number of allylic oxidation sites excluding steroid dienone is 1. The van der Waals surface area contributed by atoms with E-state index in [1.54, 1.807) is 19.1 Å². The van der Waals surface area contributed by atoms with Crippen LogP contribution in [0.4, 0.5) is 5.13 Å². The summed E-state index contributed by atoms with van der Waals surface area (Å²) >= 11 is 7.95. The number of anilines is 1. The zero-order valence-electron chi connectivity index (χ0n) is 30.3. The Balaban J connectivity index is 1.35. The number of amides is 2. The van der Waals surface area contributed by atoms with Gasteiger partial charge in [0.05, 0.1) is 45.8 Å². The number of aromatic nitrogens is 1. The number of methoxy groups -OCH3 is 5. The number of nitrogens with one attached hydrogen (secondary N) is 2. The lowest BCUT2D eigenvalue weighted by molar-refractivity contribution is -0.122. The Bertz CT molecular complexity index is 2140. The maximum atomic E-state index is 14.4. The van der Waals surface area contributed by atoms with Crippen molar-refractivity contribution in [2.75, 3.05) is 47.4 Å². The number of hydrogen-bond acceptors (Lipinski definition) is 13. The van der Waals surface area contributed by atoms with Crippen molar-refractivity contribution in [3.05, 3.63) is 69.9 Å². The number of rotatable bonds is 13. The first-order valence-electron chi connectivity index (χ1n) is 16.8. The van der Waals surface area contributed by atoms with E-state index in [0.29, 0.717) is 10.7 Å². The van der Waals surface area contributed by atoms with Gasteiger partial charge in [-0.05, 0) is 29.8 Å². The molecule has 6 rings (SSSR count). The first kappa shape index (κ1) is 38.2. The summed E-state index contributed by atoms with van der Waals surface area (Å²) in [6, 6.07) is 12.0. The fourth-order valence-corrected chi connectivity index (χ4v) is 8.05. The zero-order valence-corrected chi connectivity index (χ0v) is 31.9. The second kappa shape index (κ2) is 15.4. The van der Waals surface area contributed by atoms with Crippen LogP contribution in [0, 0.1) is 5.92 Å². The molecule has 2 amide bonds. The van der Waals surface area contributed by atoms with E-state index >= 15 is 0 Å². The Morgan fingerprint density at radius 1 is 0.981 bits per heavy atom. The smallest absolute Gasteiger partial charge is 0.231 e. The van der Waals surface area contributed by atoms with Crippen LogP contribution in [0.25, 0.3) is 10.2 Å².